The average Bonchev–Trinajstić information content (AvgIpc) is 1.94. The van der Waals surface area contributed by atoms with Gasteiger partial charge < -0.3 is 4.48 Å². The Balaban J connectivity index is 3.01. The van der Waals surface area contributed by atoms with E-state index in [-0.39, 0.29) is 0 Å². The molecule has 0 radical (unpaired) electrons. The number of hydrogen-bond donors (Lipinski definition) is 0. The van der Waals surface area contributed by atoms with Crippen LogP contribution >= 0.6 is 11.8 Å². The fourth-order valence-electron chi connectivity index (χ4n) is 0.895. The van der Waals surface area contributed by atoms with Crippen molar-refractivity contribution in [3.8, 4) is 0 Å². The zero-order chi connectivity index (χ0) is 9.45. The Labute approximate surface area is 82.1 Å². The molecule has 0 aliphatic carbocycles. The molecule has 0 unspecified atom stereocenters. The van der Waals surface area contributed by atoms with Gasteiger partial charge in [0.15, 0.2) is 0 Å². The molecule has 0 amide bonds. The minimum atomic E-state index is 1.10. The van der Waals surface area contributed by atoms with Crippen LogP contribution in [0.15, 0.2) is 0 Å². The van der Waals surface area contributed by atoms with Crippen LogP contribution in [0.1, 0.15) is 26.2 Å². The number of nitrogens with zero attached hydrogens (tertiary/aromatic N) is 1. The molecule has 2 heteroatoms. The van der Waals surface area contributed by atoms with Crippen LogP contribution in [0.25, 0.3) is 0 Å². The first-order valence-corrected chi connectivity index (χ1v) is 6.10. The van der Waals surface area contributed by atoms with Gasteiger partial charge in [-0.25, -0.2) is 0 Å². The molecular formula is C10H24NS+. The third kappa shape index (κ3) is 10.3. The summed E-state index contributed by atoms with van der Waals surface area (Å²) < 4.78 is 1.10. The van der Waals surface area contributed by atoms with Crippen molar-refractivity contribution >= 4 is 11.8 Å². The molecule has 0 rings (SSSR count). The Morgan fingerprint density at radius 1 is 1.00 bits per heavy atom. The molecule has 0 aromatic carbocycles. The molecule has 12 heavy (non-hydrogen) atoms. The van der Waals surface area contributed by atoms with Crippen LogP contribution in [-0.2, 0) is 0 Å². The first-order chi connectivity index (χ1) is 5.56. The molecule has 0 aromatic rings. The van der Waals surface area contributed by atoms with Crippen molar-refractivity contribution < 1.29 is 4.48 Å². The second-order valence-electron chi connectivity index (χ2n) is 4.33. The van der Waals surface area contributed by atoms with Gasteiger partial charge in [0, 0.05) is 5.75 Å². The summed E-state index contributed by atoms with van der Waals surface area (Å²) in [5.74, 6) is 2.67. The lowest BCUT2D eigenvalue weighted by Gasteiger charge is -2.23. The van der Waals surface area contributed by atoms with E-state index in [1.165, 1.54) is 37.3 Å². The summed E-state index contributed by atoms with van der Waals surface area (Å²) in [5, 5.41) is 0. The first kappa shape index (κ1) is 12.3. The van der Waals surface area contributed by atoms with E-state index in [2.05, 4.69) is 39.8 Å². The largest absolute Gasteiger partial charge is 0.330 e. The summed E-state index contributed by atoms with van der Waals surface area (Å²) in [6, 6.07) is 0. The Bertz CT molecular complexity index is 96.5. The van der Waals surface area contributed by atoms with Gasteiger partial charge in [0.25, 0.3) is 0 Å². The minimum Gasteiger partial charge on any atom is -0.330 e. The minimum absolute atomic E-state index is 1.10. The molecule has 0 N–H and O–H groups in total. The highest BCUT2D eigenvalue weighted by Gasteiger charge is 2.04. The fraction of sp³-hybridized carbons (Fsp3) is 1.00. The lowest BCUT2D eigenvalue weighted by Crippen LogP contribution is -2.36. The van der Waals surface area contributed by atoms with Gasteiger partial charge >= 0.3 is 0 Å². The lowest BCUT2D eigenvalue weighted by atomic mass is 10.3. The molecule has 0 saturated heterocycles. The molecule has 0 spiro atoms. The molecular weight excluding hydrogens is 166 g/mol. The van der Waals surface area contributed by atoms with E-state index in [1.807, 2.05) is 0 Å². The van der Waals surface area contributed by atoms with Crippen molar-refractivity contribution in [2.45, 2.75) is 26.2 Å². The van der Waals surface area contributed by atoms with E-state index >= 15 is 0 Å². The van der Waals surface area contributed by atoms with E-state index in [9.17, 15) is 0 Å². The van der Waals surface area contributed by atoms with Crippen molar-refractivity contribution in [3.05, 3.63) is 0 Å². The van der Waals surface area contributed by atoms with Crippen LogP contribution in [-0.4, -0.2) is 43.7 Å². The molecule has 0 aromatic heterocycles. The zero-order valence-corrected chi connectivity index (χ0v) is 9.91. The number of hydrogen-bond acceptors (Lipinski definition) is 1. The maximum Gasteiger partial charge on any atom is 0.0872 e. The van der Waals surface area contributed by atoms with Crippen LogP contribution in [0.2, 0.25) is 0 Å². The molecule has 0 fully saturated rings. The monoisotopic (exact) mass is 190 g/mol. The summed E-state index contributed by atoms with van der Waals surface area (Å²) in [7, 11) is 6.77. The van der Waals surface area contributed by atoms with Gasteiger partial charge in [-0.05, 0) is 12.2 Å². The predicted molar refractivity (Wildman–Crippen MR) is 59.7 cm³/mol. The summed E-state index contributed by atoms with van der Waals surface area (Å²) in [5.41, 5.74) is 0. The summed E-state index contributed by atoms with van der Waals surface area (Å²) >= 11 is 2.10. The maximum atomic E-state index is 2.26. The molecule has 0 aliphatic rings. The number of thioether (sulfide) groups is 1. The highest BCUT2D eigenvalue weighted by Crippen LogP contribution is 2.07. The predicted octanol–water partition coefficient (Wildman–Crippen LogP) is 2.62. The van der Waals surface area contributed by atoms with Gasteiger partial charge in [0.2, 0.25) is 0 Å². The SMILES string of the molecule is CCCCCSCC[N+](C)(C)C. The Hall–Kier alpha value is 0.310. The van der Waals surface area contributed by atoms with E-state index in [1.54, 1.807) is 0 Å². The van der Waals surface area contributed by atoms with Gasteiger partial charge in [-0.1, -0.05) is 19.8 Å². The summed E-state index contributed by atoms with van der Waals surface area (Å²) in [4.78, 5) is 0. The fourth-order valence-corrected chi connectivity index (χ4v) is 2.18. The second kappa shape index (κ2) is 6.79. The summed E-state index contributed by atoms with van der Waals surface area (Å²) in [6.07, 6.45) is 4.14. The Kier molecular flexibility index (Phi) is 6.96. The molecule has 0 heterocycles. The van der Waals surface area contributed by atoms with Crippen molar-refractivity contribution in [3.63, 3.8) is 0 Å². The molecule has 0 atom stereocenters. The van der Waals surface area contributed by atoms with Crippen molar-refractivity contribution in [1.29, 1.82) is 0 Å². The topological polar surface area (TPSA) is 0 Å². The number of quaternary nitrogens is 1. The van der Waals surface area contributed by atoms with Crippen LogP contribution in [0, 0.1) is 0 Å². The van der Waals surface area contributed by atoms with Gasteiger partial charge in [-0.15, -0.1) is 0 Å². The molecule has 0 aliphatic heterocycles. The number of unbranched alkanes of at least 4 members (excludes halogenated alkanes) is 2. The average molecular weight is 190 g/mol. The Morgan fingerprint density at radius 3 is 2.17 bits per heavy atom. The molecule has 74 valence electrons. The van der Waals surface area contributed by atoms with E-state index in [0.29, 0.717) is 0 Å². The van der Waals surface area contributed by atoms with Crippen LogP contribution in [0.3, 0.4) is 0 Å². The summed E-state index contributed by atoms with van der Waals surface area (Å²) in [6.45, 7) is 3.55. The van der Waals surface area contributed by atoms with Gasteiger partial charge in [-0.3, -0.25) is 0 Å². The Morgan fingerprint density at radius 2 is 1.67 bits per heavy atom. The number of rotatable bonds is 7. The van der Waals surface area contributed by atoms with Gasteiger partial charge in [-0.2, -0.15) is 11.8 Å². The third-order valence-corrected chi connectivity index (χ3v) is 2.85. The second-order valence-corrected chi connectivity index (χ2v) is 5.56. The molecule has 0 saturated carbocycles. The van der Waals surface area contributed by atoms with E-state index in [4.69, 9.17) is 0 Å². The quantitative estimate of drug-likeness (QED) is 0.439. The van der Waals surface area contributed by atoms with E-state index < -0.39 is 0 Å². The lowest BCUT2D eigenvalue weighted by molar-refractivity contribution is -0.867. The van der Waals surface area contributed by atoms with Crippen molar-refractivity contribution in [2.75, 3.05) is 39.2 Å². The molecule has 1 nitrogen and oxygen atoms in total. The van der Waals surface area contributed by atoms with Crippen molar-refractivity contribution in [2.24, 2.45) is 0 Å². The standard InChI is InChI=1S/C10H24NS/c1-5-6-7-9-12-10-8-11(2,3)4/h5-10H2,1-4H3/q+1. The smallest absolute Gasteiger partial charge is 0.0872 e. The third-order valence-electron chi connectivity index (χ3n) is 1.80. The maximum absolute atomic E-state index is 2.26. The van der Waals surface area contributed by atoms with Crippen molar-refractivity contribution in [1.82, 2.24) is 0 Å². The molecule has 0 bridgehead atoms. The highest BCUT2D eigenvalue weighted by molar-refractivity contribution is 7.99. The highest BCUT2D eigenvalue weighted by atomic mass is 32.2. The van der Waals surface area contributed by atoms with Gasteiger partial charge in [0.1, 0.15) is 0 Å². The van der Waals surface area contributed by atoms with Crippen LogP contribution in [0.4, 0.5) is 0 Å². The van der Waals surface area contributed by atoms with Gasteiger partial charge in [0.05, 0.1) is 27.7 Å². The van der Waals surface area contributed by atoms with Crippen LogP contribution in [0.5, 0.6) is 0 Å². The first-order valence-electron chi connectivity index (χ1n) is 4.94. The van der Waals surface area contributed by atoms with E-state index in [0.717, 1.165) is 4.48 Å². The zero-order valence-electron chi connectivity index (χ0n) is 9.10. The van der Waals surface area contributed by atoms with Crippen LogP contribution < -0.4 is 0 Å². The normalized spacial score (nSPS) is 12.0.